The Kier molecular flexibility index (Phi) is 4.65. The predicted octanol–water partition coefficient (Wildman–Crippen LogP) is 2.16. The smallest absolute Gasteiger partial charge is 0.329 e. The summed E-state index contributed by atoms with van der Waals surface area (Å²) in [5.74, 6) is -0.843. The van der Waals surface area contributed by atoms with Crippen molar-refractivity contribution in [2.75, 3.05) is 7.11 Å². The number of ether oxygens (including phenoxy) is 1. The first kappa shape index (κ1) is 15.8. The molecular formula is C17H20N2O3. The highest BCUT2D eigenvalue weighted by Gasteiger charge is 2.26. The first-order valence-electron chi connectivity index (χ1n) is 7.05. The zero-order chi connectivity index (χ0) is 16.3. The van der Waals surface area contributed by atoms with E-state index in [9.17, 15) is 9.59 Å². The lowest BCUT2D eigenvalue weighted by atomic mass is 10.1. The molecule has 0 saturated carbocycles. The largest absolute Gasteiger partial charge is 0.467 e. The van der Waals surface area contributed by atoms with Gasteiger partial charge in [0.15, 0.2) is 0 Å². The predicted molar refractivity (Wildman–Crippen MR) is 83.6 cm³/mol. The molecule has 2 N–H and O–H groups in total. The first-order chi connectivity index (χ1) is 10.5. The van der Waals surface area contributed by atoms with Gasteiger partial charge in [-0.3, -0.25) is 4.79 Å². The molecule has 0 fully saturated rings. The third-order valence-corrected chi connectivity index (χ3v) is 3.81. The fourth-order valence-electron chi connectivity index (χ4n) is 2.76. The zero-order valence-corrected chi connectivity index (χ0v) is 13.0. The van der Waals surface area contributed by atoms with Crippen molar-refractivity contribution in [3.8, 4) is 0 Å². The Labute approximate surface area is 129 Å². The number of nitrogens with zero attached hydrogens (tertiary/aromatic N) is 1. The fraction of sp³-hybridized carbons (Fsp3) is 0.294. The minimum absolute atomic E-state index is 0.346. The van der Waals surface area contributed by atoms with E-state index in [0.717, 1.165) is 11.3 Å². The van der Waals surface area contributed by atoms with Crippen LogP contribution in [0.2, 0.25) is 0 Å². The van der Waals surface area contributed by atoms with Gasteiger partial charge < -0.3 is 15.0 Å². The number of hydrogen-bond acceptors (Lipinski definition) is 3. The second-order valence-corrected chi connectivity index (χ2v) is 5.25. The van der Waals surface area contributed by atoms with E-state index in [4.69, 9.17) is 10.5 Å². The zero-order valence-electron chi connectivity index (χ0n) is 13.0. The van der Waals surface area contributed by atoms with E-state index in [1.165, 1.54) is 7.11 Å². The summed E-state index contributed by atoms with van der Waals surface area (Å²) in [5.41, 5.74) is 8.32. The van der Waals surface area contributed by atoms with Crippen LogP contribution in [0.5, 0.6) is 0 Å². The van der Waals surface area contributed by atoms with Gasteiger partial charge in [-0.2, -0.15) is 0 Å². The Morgan fingerprint density at radius 2 is 1.86 bits per heavy atom. The van der Waals surface area contributed by atoms with Crippen LogP contribution in [0.4, 0.5) is 0 Å². The number of amides is 1. The van der Waals surface area contributed by atoms with Gasteiger partial charge in [-0.1, -0.05) is 30.3 Å². The van der Waals surface area contributed by atoms with Gasteiger partial charge in [0.05, 0.1) is 12.7 Å². The van der Waals surface area contributed by atoms with Crippen molar-refractivity contribution in [1.82, 2.24) is 4.57 Å². The average Bonchev–Trinajstić information content (AvgIpc) is 2.80. The van der Waals surface area contributed by atoms with Crippen molar-refractivity contribution in [2.45, 2.75) is 26.3 Å². The maximum Gasteiger partial charge on any atom is 0.329 e. The van der Waals surface area contributed by atoms with Crippen molar-refractivity contribution >= 4 is 11.9 Å². The van der Waals surface area contributed by atoms with Gasteiger partial charge in [0.2, 0.25) is 0 Å². The Morgan fingerprint density at radius 3 is 2.36 bits per heavy atom. The van der Waals surface area contributed by atoms with Crippen molar-refractivity contribution in [3.05, 3.63) is 58.9 Å². The molecule has 2 aromatic rings. The van der Waals surface area contributed by atoms with Crippen LogP contribution in [0.15, 0.2) is 36.4 Å². The number of carbonyl (C=O) groups excluding carboxylic acids is 2. The van der Waals surface area contributed by atoms with E-state index < -0.39 is 11.9 Å². The lowest BCUT2D eigenvalue weighted by Crippen LogP contribution is -2.25. The number of methoxy groups -OCH3 is 1. The average molecular weight is 300 g/mol. The second-order valence-electron chi connectivity index (χ2n) is 5.25. The molecule has 22 heavy (non-hydrogen) atoms. The third-order valence-electron chi connectivity index (χ3n) is 3.81. The van der Waals surface area contributed by atoms with Crippen LogP contribution in [0, 0.1) is 13.8 Å². The minimum atomic E-state index is -0.527. The monoisotopic (exact) mass is 300 g/mol. The van der Waals surface area contributed by atoms with E-state index in [0.29, 0.717) is 17.7 Å². The quantitative estimate of drug-likeness (QED) is 0.860. The summed E-state index contributed by atoms with van der Waals surface area (Å²) in [4.78, 5) is 23.7. The standard InChI is InChI=1S/C17H20N2O3/c1-11-9-14(16(18)20)12(2)19(11)15(17(21)22-3)10-13-7-5-4-6-8-13/h4-9,15H,10H2,1-3H3,(H2,18,20). The Morgan fingerprint density at radius 1 is 1.23 bits per heavy atom. The van der Waals surface area contributed by atoms with Crippen molar-refractivity contribution in [1.29, 1.82) is 0 Å². The van der Waals surface area contributed by atoms with E-state index in [2.05, 4.69) is 0 Å². The molecule has 0 spiro atoms. The Hall–Kier alpha value is -2.56. The molecule has 1 atom stereocenters. The molecule has 1 heterocycles. The van der Waals surface area contributed by atoms with E-state index in [-0.39, 0.29) is 5.97 Å². The molecule has 1 unspecified atom stereocenters. The van der Waals surface area contributed by atoms with Crippen molar-refractivity contribution in [2.24, 2.45) is 5.73 Å². The van der Waals surface area contributed by atoms with Crippen LogP contribution in [0.3, 0.4) is 0 Å². The molecule has 0 saturated heterocycles. The molecule has 0 bridgehead atoms. The fourth-order valence-corrected chi connectivity index (χ4v) is 2.76. The molecule has 0 aliphatic rings. The summed E-state index contributed by atoms with van der Waals surface area (Å²) in [6.45, 7) is 3.63. The van der Waals surface area contributed by atoms with Gasteiger partial charge in [-0.25, -0.2) is 4.79 Å². The summed E-state index contributed by atoms with van der Waals surface area (Å²) in [7, 11) is 1.36. The highest BCUT2D eigenvalue weighted by atomic mass is 16.5. The molecular weight excluding hydrogens is 280 g/mol. The molecule has 116 valence electrons. The Bertz CT molecular complexity index is 689. The summed E-state index contributed by atoms with van der Waals surface area (Å²) < 4.78 is 6.76. The number of primary amides is 1. The number of rotatable bonds is 5. The number of carbonyl (C=O) groups is 2. The van der Waals surface area contributed by atoms with Crippen molar-refractivity contribution in [3.63, 3.8) is 0 Å². The molecule has 5 nitrogen and oxygen atoms in total. The SMILES string of the molecule is COC(=O)C(Cc1ccccc1)n1c(C)cc(C(N)=O)c1C. The van der Waals surface area contributed by atoms with Crippen LogP contribution < -0.4 is 5.73 Å². The van der Waals surface area contributed by atoms with Crippen LogP contribution in [0.1, 0.15) is 33.4 Å². The van der Waals surface area contributed by atoms with Gasteiger partial charge in [0.1, 0.15) is 6.04 Å². The molecule has 2 rings (SSSR count). The molecule has 0 radical (unpaired) electrons. The molecule has 0 aliphatic heterocycles. The summed E-state index contributed by atoms with van der Waals surface area (Å²) in [6.07, 6.45) is 0.488. The van der Waals surface area contributed by atoms with Gasteiger partial charge in [-0.15, -0.1) is 0 Å². The van der Waals surface area contributed by atoms with Gasteiger partial charge in [0.25, 0.3) is 5.91 Å². The van der Waals surface area contributed by atoms with Gasteiger partial charge in [0, 0.05) is 17.8 Å². The van der Waals surface area contributed by atoms with Crippen LogP contribution in [-0.2, 0) is 16.0 Å². The number of nitrogens with two attached hydrogens (primary N) is 1. The molecule has 0 aliphatic carbocycles. The lowest BCUT2D eigenvalue weighted by molar-refractivity contribution is -0.144. The van der Waals surface area contributed by atoms with E-state index >= 15 is 0 Å². The Balaban J connectivity index is 2.47. The molecule has 1 amide bonds. The third kappa shape index (κ3) is 3.03. The van der Waals surface area contributed by atoms with E-state index in [1.807, 2.05) is 41.8 Å². The maximum atomic E-state index is 12.2. The van der Waals surface area contributed by atoms with Gasteiger partial charge in [-0.05, 0) is 25.5 Å². The second kappa shape index (κ2) is 6.47. The highest BCUT2D eigenvalue weighted by molar-refractivity contribution is 5.94. The number of benzene rings is 1. The summed E-state index contributed by atoms with van der Waals surface area (Å²) in [6, 6.07) is 10.9. The van der Waals surface area contributed by atoms with Crippen LogP contribution in [-0.4, -0.2) is 23.6 Å². The topological polar surface area (TPSA) is 74.3 Å². The minimum Gasteiger partial charge on any atom is -0.467 e. The number of aromatic nitrogens is 1. The molecule has 1 aromatic heterocycles. The van der Waals surface area contributed by atoms with Gasteiger partial charge >= 0.3 is 5.97 Å². The maximum absolute atomic E-state index is 12.2. The number of hydrogen-bond donors (Lipinski definition) is 1. The van der Waals surface area contributed by atoms with Crippen LogP contribution in [0.25, 0.3) is 0 Å². The molecule has 1 aromatic carbocycles. The number of esters is 1. The normalized spacial score (nSPS) is 12.0. The van der Waals surface area contributed by atoms with Crippen LogP contribution >= 0.6 is 0 Å². The molecule has 5 heteroatoms. The lowest BCUT2D eigenvalue weighted by Gasteiger charge is -2.20. The summed E-state index contributed by atoms with van der Waals surface area (Å²) >= 11 is 0. The van der Waals surface area contributed by atoms with E-state index in [1.54, 1.807) is 13.0 Å². The summed E-state index contributed by atoms with van der Waals surface area (Å²) in [5, 5.41) is 0. The highest BCUT2D eigenvalue weighted by Crippen LogP contribution is 2.24. The number of aryl methyl sites for hydroxylation is 1. The van der Waals surface area contributed by atoms with Crippen molar-refractivity contribution < 1.29 is 14.3 Å². The first-order valence-corrected chi connectivity index (χ1v) is 7.05.